The normalized spacial score (nSPS) is 18.0. The Bertz CT molecular complexity index is 630. The number of hydrogen-bond donors (Lipinski definition) is 1. The Balaban J connectivity index is 1.70. The molecule has 0 radical (unpaired) electrons. The van der Waals surface area contributed by atoms with E-state index in [9.17, 15) is 4.39 Å². The molecule has 22 heavy (non-hydrogen) atoms. The monoisotopic (exact) mass is 303 g/mol. The first-order valence-corrected chi connectivity index (χ1v) is 7.78. The van der Waals surface area contributed by atoms with Gasteiger partial charge < -0.3 is 10.1 Å². The molecular formula is C17H22FN3O. The van der Waals surface area contributed by atoms with Crippen molar-refractivity contribution in [1.82, 2.24) is 15.1 Å². The molecule has 0 saturated carbocycles. The molecule has 1 atom stereocenters. The molecule has 3 rings (SSSR count). The number of nitrogens with zero attached hydrogens (tertiary/aromatic N) is 2. The minimum atomic E-state index is -0.233. The highest BCUT2D eigenvalue weighted by atomic mass is 19.1. The molecule has 1 fully saturated rings. The van der Waals surface area contributed by atoms with Crippen LogP contribution in [0.2, 0.25) is 0 Å². The number of rotatable bonds is 5. The standard InChI is InChI=1S/C17H22FN3O/c1-12-17(11-19-10-16-4-3-9-22-16)13(2)21(20-12)15-7-5-14(18)6-8-15/h5-8,16,19H,3-4,9-11H2,1-2H3. The van der Waals surface area contributed by atoms with Crippen molar-refractivity contribution in [3.05, 3.63) is 47.0 Å². The Morgan fingerprint density at radius 3 is 2.77 bits per heavy atom. The quantitative estimate of drug-likeness (QED) is 0.923. The van der Waals surface area contributed by atoms with E-state index in [0.29, 0.717) is 6.10 Å². The van der Waals surface area contributed by atoms with E-state index in [1.807, 2.05) is 18.5 Å². The van der Waals surface area contributed by atoms with Gasteiger partial charge in [0.2, 0.25) is 0 Å². The lowest BCUT2D eigenvalue weighted by Crippen LogP contribution is -2.26. The van der Waals surface area contributed by atoms with E-state index in [0.717, 1.165) is 49.6 Å². The Kier molecular flexibility index (Phi) is 4.55. The summed E-state index contributed by atoms with van der Waals surface area (Å²) in [5.41, 5.74) is 4.17. The van der Waals surface area contributed by atoms with Gasteiger partial charge in [0.1, 0.15) is 5.82 Å². The second-order valence-corrected chi connectivity index (χ2v) is 5.80. The Morgan fingerprint density at radius 2 is 2.09 bits per heavy atom. The lowest BCUT2D eigenvalue weighted by molar-refractivity contribution is 0.110. The van der Waals surface area contributed by atoms with Crippen molar-refractivity contribution >= 4 is 0 Å². The highest BCUT2D eigenvalue weighted by molar-refractivity contribution is 5.37. The predicted molar refractivity (Wildman–Crippen MR) is 83.7 cm³/mol. The van der Waals surface area contributed by atoms with Gasteiger partial charge in [-0.2, -0.15) is 5.10 Å². The van der Waals surface area contributed by atoms with Crippen LogP contribution in [0.25, 0.3) is 5.69 Å². The van der Waals surface area contributed by atoms with Gasteiger partial charge in [-0.25, -0.2) is 9.07 Å². The van der Waals surface area contributed by atoms with Crippen molar-refractivity contribution in [1.29, 1.82) is 0 Å². The lowest BCUT2D eigenvalue weighted by atomic mass is 10.2. The highest BCUT2D eigenvalue weighted by Gasteiger charge is 2.16. The number of nitrogens with one attached hydrogen (secondary N) is 1. The summed E-state index contributed by atoms with van der Waals surface area (Å²) in [7, 11) is 0. The second-order valence-electron chi connectivity index (χ2n) is 5.80. The molecule has 0 amide bonds. The maximum Gasteiger partial charge on any atom is 0.123 e. The smallest absolute Gasteiger partial charge is 0.123 e. The van der Waals surface area contributed by atoms with E-state index < -0.39 is 0 Å². The highest BCUT2D eigenvalue weighted by Crippen LogP contribution is 2.18. The Morgan fingerprint density at radius 1 is 1.32 bits per heavy atom. The van der Waals surface area contributed by atoms with Gasteiger partial charge in [0.05, 0.1) is 17.5 Å². The van der Waals surface area contributed by atoms with Crippen LogP contribution in [0.5, 0.6) is 0 Å². The molecule has 5 heteroatoms. The van der Waals surface area contributed by atoms with Crippen LogP contribution in [0.15, 0.2) is 24.3 Å². The molecule has 0 spiro atoms. The zero-order valence-electron chi connectivity index (χ0n) is 13.1. The average molecular weight is 303 g/mol. The fraction of sp³-hybridized carbons (Fsp3) is 0.471. The summed E-state index contributed by atoms with van der Waals surface area (Å²) in [5.74, 6) is -0.233. The zero-order valence-corrected chi connectivity index (χ0v) is 13.1. The molecule has 0 bridgehead atoms. The third-order valence-electron chi connectivity index (χ3n) is 4.21. The van der Waals surface area contributed by atoms with Crippen molar-refractivity contribution in [3.63, 3.8) is 0 Å². The molecule has 118 valence electrons. The molecule has 2 heterocycles. The second kappa shape index (κ2) is 6.58. The summed E-state index contributed by atoms with van der Waals surface area (Å²) < 4.78 is 20.5. The largest absolute Gasteiger partial charge is 0.377 e. The summed E-state index contributed by atoms with van der Waals surface area (Å²) in [6.45, 7) is 6.59. The molecular weight excluding hydrogens is 281 g/mol. The van der Waals surface area contributed by atoms with Gasteiger partial charge in [-0.15, -0.1) is 0 Å². The number of hydrogen-bond acceptors (Lipinski definition) is 3. The van der Waals surface area contributed by atoms with E-state index >= 15 is 0 Å². The summed E-state index contributed by atoms with van der Waals surface area (Å²) in [4.78, 5) is 0. The molecule has 1 aromatic carbocycles. The van der Waals surface area contributed by atoms with Crippen LogP contribution >= 0.6 is 0 Å². The van der Waals surface area contributed by atoms with Gasteiger partial charge >= 0.3 is 0 Å². The first-order chi connectivity index (χ1) is 10.6. The molecule has 1 aromatic heterocycles. The van der Waals surface area contributed by atoms with Crippen LogP contribution in [0, 0.1) is 19.7 Å². The van der Waals surface area contributed by atoms with Crippen LogP contribution in [0.1, 0.15) is 29.8 Å². The van der Waals surface area contributed by atoms with Gasteiger partial charge in [-0.3, -0.25) is 0 Å². The van der Waals surface area contributed by atoms with Crippen LogP contribution < -0.4 is 5.32 Å². The fourth-order valence-electron chi connectivity index (χ4n) is 2.93. The summed E-state index contributed by atoms with van der Waals surface area (Å²) in [6.07, 6.45) is 2.64. The van der Waals surface area contributed by atoms with Gasteiger partial charge in [0, 0.05) is 31.0 Å². The topological polar surface area (TPSA) is 39.1 Å². The number of ether oxygens (including phenoxy) is 1. The number of aryl methyl sites for hydroxylation is 1. The molecule has 1 aliphatic rings. The maximum absolute atomic E-state index is 13.1. The van der Waals surface area contributed by atoms with Crippen LogP contribution in [0.4, 0.5) is 4.39 Å². The Hall–Kier alpha value is -1.72. The van der Waals surface area contributed by atoms with Crippen molar-refractivity contribution < 1.29 is 9.13 Å². The molecule has 0 aliphatic carbocycles. The maximum atomic E-state index is 13.1. The van der Waals surface area contributed by atoms with Gasteiger partial charge in [0.15, 0.2) is 0 Å². The first kappa shape index (κ1) is 15.2. The van der Waals surface area contributed by atoms with Crippen molar-refractivity contribution in [2.24, 2.45) is 0 Å². The summed E-state index contributed by atoms with van der Waals surface area (Å²) in [5, 5.41) is 8.04. The first-order valence-electron chi connectivity index (χ1n) is 7.78. The van der Waals surface area contributed by atoms with Crippen molar-refractivity contribution in [2.75, 3.05) is 13.2 Å². The van der Waals surface area contributed by atoms with Gasteiger partial charge in [0.25, 0.3) is 0 Å². The third kappa shape index (κ3) is 3.20. The molecule has 1 aliphatic heterocycles. The third-order valence-corrected chi connectivity index (χ3v) is 4.21. The van der Waals surface area contributed by atoms with E-state index in [1.54, 1.807) is 12.1 Å². The average Bonchev–Trinajstić information content (AvgIpc) is 3.11. The van der Waals surface area contributed by atoms with Gasteiger partial charge in [-0.05, 0) is 51.0 Å². The van der Waals surface area contributed by atoms with Crippen LogP contribution in [0.3, 0.4) is 0 Å². The fourth-order valence-corrected chi connectivity index (χ4v) is 2.93. The van der Waals surface area contributed by atoms with E-state index in [-0.39, 0.29) is 5.82 Å². The molecule has 2 aromatic rings. The molecule has 1 unspecified atom stereocenters. The van der Waals surface area contributed by atoms with Crippen LogP contribution in [-0.2, 0) is 11.3 Å². The Labute approximate surface area is 130 Å². The minimum absolute atomic E-state index is 0.233. The van der Waals surface area contributed by atoms with Crippen molar-refractivity contribution in [2.45, 2.75) is 39.3 Å². The lowest BCUT2D eigenvalue weighted by Gasteiger charge is -2.11. The van der Waals surface area contributed by atoms with E-state index in [1.165, 1.54) is 17.7 Å². The SMILES string of the molecule is Cc1nn(-c2ccc(F)cc2)c(C)c1CNCC1CCCO1. The summed E-state index contributed by atoms with van der Waals surface area (Å²) >= 11 is 0. The number of halogens is 1. The zero-order chi connectivity index (χ0) is 15.5. The van der Waals surface area contributed by atoms with Crippen molar-refractivity contribution in [3.8, 4) is 5.69 Å². The van der Waals surface area contributed by atoms with E-state index in [2.05, 4.69) is 10.4 Å². The van der Waals surface area contributed by atoms with E-state index in [4.69, 9.17) is 4.74 Å². The predicted octanol–water partition coefficient (Wildman–Crippen LogP) is 2.90. The minimum Gasteiger partial charge on any atom is -0.377 e. The number of benzene rings is 1. The molecule has 4 nitrogen and oxygen atoms in total. The summed E-state index contributed by atoms with van der Waals surface area (Å²) in [6, 6.07) is 6.42. The van der Waals surface area contributed by atoms with Gasteiger partial charge in [-0.1, -0.05) is 0 Å². The molecule has 1 saturated heterocycles. The number of aromatic nitrogens is 2. The molecule has 1 N–H and O–H groups in total. The van der Waals surface area contributed by atoms with Crippen LogP contribution in [-0.4, -0.2) is 29.0 Å².